The van der Waals surface area contributed by atoms with Crippen LogP contribution in [0.3, 0.4) is 0 Å². The lowest BCUT2D eigenvalue weighted by molar-refractivity contribution is -0.141. The maximum Gasteiger partial charge on any atom is 0.314 e. The van der Waals surface area contributed by atoms with Crippen molar-refractivity contribution in [3.8, 4) is 0 Å². The molecule has 1 rings (SSSR count). The highest BCUT2D eigenvalue weighted by Crippen LogP contribution is 2.08. The number of carboxylic acid groups (broad SMARTS) is 1. The summed E-state index contributed by atoms with van der Waals surface area (Å²) in [7, 11) is 0. The van der Waals surface area contributed by atoms with Gasteiger partial charge in [-0.15, -0.1) is 11.3 Å². The van der Waals surface area contributed by atoms with Crippen LogP contribution in [0.1, 0.15) is 24.6 Å². The molecule has 1 heterocycles. The normalized spacial score (nSPS) is 11.8. The number of amides is 2. The van der Waals surface area contributed by atoms with Gasteiger partial charge in [0.05, 0.1) is 5.92 Å². The first-order chi connectivity index (χ1) is 9.09. The number of carbonyl (C=O) groups is 2. The second-order valence-electron chi connectivity index (χ2n) is 4.39. The van der Waals surface area contributed by atoms with Gasteiger partial charge in [0, 0.05) is 18.0 Å². The van der Waals surface area contributed by atoms with Gasteiger partial charge >= 0.3 is 12.0 Å². The molecule has 0 bridgehead atoms. The van der Waals surface area contributed by atoms with E-state index in [4.69, 9.17) is 5.11 Å². The largest absolute Gasteiger partial charge is 0.481 e. The summed E-state index contributed by atoms with van der Waals surface area (Å²) < 4.78 is 0. The summed E-state index contributed by atoms with van der Waals surface area (Å²) in [4.78, 5) is 23.2. The predicted octanol–water partition coefficient (Wildman–Crippen LogP) is 2.09. The number of hydrogen-bond donors (Lipinski definition) is 3. The Morgan fingerprint density at radius 3 is 2.74 bits per heavy atom. The van der Waals surface area contributed by atoms with E-state index < -0.39 is 5.97 Å². The highest BCUT2D eigenvalue weighted by Gasteiger charge is 2.09. The lowest BCUT2D eigenvalue weighted by Crippen LogP contribution is -2.37. The molecule has 2 amide bonds. The van der Waals surface area contributed by atoms with E-state index >= 15 is 0 Å². The first-order valence-corrected chi connectivity index (χ1v) is 7.24. The Kier molecular flexibility index (Phi) is 6.95. The molecular formula is C13H20N2O3S. The molecule has 19 heavy (non-hydrogen) atoms. The number of carbonyl (C=O) groups excluding carboxylic acids is 1. The molecular weight excluding hydrogens is 264 g/mol. The van der Waals surface area contributed by atoms with E-state index in [1.165, 1.54) is 4.88 Å². The van der Waals surface area contributed by atoms with Gasteiger partial charge in [0.1, 0.15) is 0 Å². The van der Waals surface area contributed by atoms with E-state index in [-0.39, 0.29) is 11.9 Å². The molecule has 1 unspecified atom stereocenters. The number of thiophene rings is 1. The van der Waals surface area contributed by atoms with E-state index in [2.05, 4.69) is 10.6 Å². The van der Waals surface area contributed by atoms with Gasteiger partial charge in [-0.05, 0) is 30.7 Å². The Labute approximate surface area is 117 Å². The van der Waals surface area contributed by atoms with Crippen molar-refractivity contribution in [1.82, 2.24) is 10.6 Å². The Bertz CT molecular complexity index is 393. The van der Waals surface area contributed by atoms with E-state index in [0.29, 0.717) is 25.9 Å². The van der Waals surface area contributed by atoms with Crippen LogP contribution in [0.4, 0.5) is 4.79 Å². The van der Waals surface area contributed by atoms with Crippen molar-refractivity contribution in [3.63, 3.8) is 0 Å². The van der Waals surface area contributed by atoms with E-state index in [1.807, 2.05) is 17.5 Å². The highest BCUT2D eigenvalue weighted by molar-refractivity contribution is 7.09. The zero-order valence-electron chi connectivity index (χ0n) is 11.0. The molecule has 0 fully saturated rings. The monoisotopic (exact) mass is 284 g/mol. The molecule has 1 aromatic heterocycles. The summed E-state index contributed by atoms with van der Waals surface area (Å²) in [6.07, 6.45) is 2.08. The third-order valence-corrected chi connectivity index (χ3v) is 3.69. The minimum Gasteiger partial charge on any atom is -0.481 e. The minimum absolute atomic E-state index is 0.195. The van der Waals surface area contributed by atoms with Gasteiger partial charge in [0.25, 0.3) is 0 Å². The molecule has 1 aromatic rings. The number of carboxylic acids is 1. The van der Waals surface area contributed by atoms with Crippen LogP contribution >= 0.6 is 11.3 Å². The fourth-order valence-corrected chi connectivity index (χ4v) is 2.26. The summed E-state index contributed by atoms with van der Waals surface area (Å²) in [6.45, 7) is 2.78. The van der Waals surface area contributed by atoms with Gasteiger partial charge < -0.3 is 15.7 Å². The Morgan fingerprint density at radius 2 is 2.11 bits per heavy atom. The number of hydrogen-bond acceptors (Lipinski definition) is 3. The zero-order valence-corrected chi connectivity index (χ0v) is 11.8. The van der Waals surface area contributed by atoms with Crippen molar-refractivity contribution in [2.24, 2.45) is 5.92 Å². The van der Waals surface area contributed by atoms with Gasteiger partial charge in [0.15, 0.2) is 0 Å². The van der Waals surface area contributed by atoms with Crippen LogP contribution in [-0.2, 0) is 11.2 Å². The first kappa shape index (κ1) is 15.5. The summed E-state index contributed by atoms with van der Waals surface area (Å²) >= 11 is 1.67. The van der Waals surface area contributed by atoms with Crippen LogP contribution in [0.5, 0.6) is 0 Å². The molecule has 0 aliphatic carbocycles. The molecule has 3 N–H and O–H groups in total. The first-order valence-electron chi connectivity index (χ1n) is 6.36. The molecule has 0 saturated carbocycles. The second-order valence-corrected chi connectivity index (χ2v) is 5.43. The van der Waals surface area contributed by atoms with Crippen LogP contribution in [0.15, 0.2) is 17.5 Å². The van der Waals surface area contributed by atoms with Crippen molar-refractivity contribution in [1.29, 1.82) is 0 Å². The molecule has 106 valence electrons. The quantitative estimate of drug-likeness (QED) is 0.640. The average Bonchev–Trinajstić information content (AvgIpc) is 2.87. The van der Waals surface area contributed by atoms with Crippen molar-refractivity contribution in [2.75, 3.05) is 13.1 Å². The van der Waals surface area contributed by atoms with Crippen LogP contribution in [0, 0.1) is 5.92 Å². The molecule has 0 aliphatic rings. The highest BCUT2D eigenvalue weighted by atomic mass is 32.1. The average molecular weight is 284 g/mol. The Balaban J connectivity index is 2.00. The Morgan fingerprint density at radius 1 is 1.37 bits per heavy atom. The maximum atomic E-state index is 11.4. The molecule has 0 saturated heterocycles. The number of nitrogens with one attached hydrogen (secondary N) is 2. The molecule has 5 nitrogen and oxygen atoms in total. The van der Waals surface area contributed by atoms with E-state index in [1.54, 1.807) is 18.3 Å². The van der Waals surface area contributed by atoms with Gasteiger partial charge in [0.2, 0.25) is 0 Å². The number of urea groups is 1. The van der Waals surface area contributed by atoms with E-state index in [0.717, 1.165) is 6.42 Å². The van der Waals surface area contributed by atoms with Crippen LogP contribution in [0.25, 0.3) is 0 Å². The van der Waals surface area contributed by atoms with Crippen LogP contribution in [0.2, 0.25) is 0 Å². The summed E-state index contributed by atoms with van der Waals surface area (Å²) in [5, 5.41) is 16.2. The third-order valence-electron chi connectivity index (χ3n) is 2.76. The van der Waals surface area contributed by atoms with Crippen molar-refractivity contribution in [2.45, 2.75) is 26.2 Å². The third kappa shape index (κ3) is 6.81. The Hall–Kier alpha value is -1.56. The standard InChI is InChI=1S/C13H20N2O3S/c1-10(12(16)17)4-2-7-14-13(18)15-8-6-11-5-3-9-19-11/h3,5,9-10H,2,4,6-8H2,1H3,(H,16,17)(H2,14,15,18). The lowest BCUT2D eigenvalue weighted by Gasteiger charge is -2.08. The van der Waals surface area contributed by atoms with Crippen molar-refractivity contribution < 1.29 is 14.7 Å². The van der Waals surface area contributed by atoms with Crippen LogP contribution < -0.4 is 10.6 Å². The summed E-state index contributed by atoms with van der Waals surface area (Å²) in [5.41, 5.74) is 0. The smallest absolute Gasteiger partial charge is 0.314 e. The molecule has 1 atom stereocenters. The minimum atomic E-state index is -0.791. The molecule has 0 aromatic carbocycles. The lowest BCUT2D eigenvalue weighted by atomic mass is 10.1. The van der Waals surface area contributed by atoms with Crippen LogP contribution in [-0.4, -0.2) is 30.2 Å². The molecule has 0 aliphatic heterocycles. The van der Waals surface area contributed by atoms with Gasteiger partial charge in [-0.25, -0.2) is 4.79 Å². The predicted molar refractivity (Wildman–Crippen MR) is 75.5 cm³/mol. The van der Waals surface area contributed by atoms with Gasteiger partial charge in [-0.3, -0.25) is 4.79 Å². The molecule has 6 heteroatoms. The van der Waals surface area contributed by atoms with Crippen molar-refractivity contribution in [3.05, 3.63) is 22.4 Å². The number of aliphatic carboxylic acids is 1. The maximum absolute atomic E-state index is 11.4. The summed E-state index contributed by atoms with van der Waals surface area (Å²) in [6, 6.07) is 3.83. The van der Waals surface area contributed by atoms with Gasteiger partial charge in [-0.1, -0.05) is 13.0 Å². The fourth-order valence-electron chi connectivity index (χ4n) is 1.55. The molecule has 0 radical (unpaired) electrons. The molecule has 0 spiro atoms. The van der Waals surface area contributed by atoms with E-state index in [9.17, 15) is 9.59 Å². The number of rotatable bonds is 8. The topological polar surface area (TPSA) is 78.4 Å². The fraction of sp³-hybridized carbons (Fsp3) is 0.538. The SMILES string of the molecule is CC(CCCNC(=O)NCCc1cccs1)C(=O)O. The van der Waals surface area contributed by atoms with Crippen molar-refractivity contribution >= 4 is 23.3 Å². The van der Waals surface area contributed by atoms with Gasteiger partial charge in [-0.2, -0.15) is 0 Å². The summed E-state index contributed by atoms with van der Waals surface area (Å²) in [5.74, 6) is -1.15. The zero-order chi connectivity index (χ0) is 14.1. The second kappa shape index (κ2) is 8.53.